The normalized spacial score (nSPS) is 23.7. The molecule has 1 aliphatic rings. The van der Waals surface area contributed by atoms with Crippen molar-refractivity contribution < 1.29 is 0 Å². The number of aromatic nitrogens is 3. The van der Waals surface area contributed by atoms with E-state index in [0.29, 0.717) is 12.0 Å². The molecule has 2 unspecified atom stereocenters. The molecule has 3 rings (SSSR count). The van der Waals surface area contributed by atoms with Crippen LogP contribution in [0.3, 0.4) is 0 Å². The Morgan fingerprint density at radius 2 is 2.21 bits per heavy atom. The zero-order valence-corrected chi connectivity index (χ0v) is 11.4. The molecule has 0 amide bonds. The molecule has 0 aromatic carbocycles. The minimum absolute atomic E-state index is 0.511. The molecule has 1 fully saturated rings. The summed E-state index contributed by atoms with van der Waals surface area (Å²) in [5.74, 6) is 1.60. The van der Waals surface area contributed by atoms with Crippen molar-refractivity contribution in [3.8, 4) is 0 Å². The first-order valence-electron chi connectivity index (χ1n) is 7.03. The molecule has 1 aliphatic carbocycles. The molecule has 2 N–H and O–H groups in total. The van der Waals surface area contributed by atoms with Crippen LogP contribution in [0.15, 0.2) is 24.5 Å². The number of nitrogens with zero attached hydrogens (tertiary/aromatic N) is 4. The molecule has 5 nitrogen and oxygen atoms in total. The van der Waals surface area contributed by atoms with Crippen LogP contribution in [0.2, 0.25) is 0 Å². The van der Waals surface area contributed by atoms with Crippen molar-refractivity contribution in [3.63, 3.8) is 0 Å². The van der Waals surface area contributed by atoms with Gasteiger partial charge in [-0.25, -0.2) is 9.50 Å². The third-order valence-electron chi connectivity index (χ3n) is 4.27. The van der Waals surface area contributed by atoms with Gasteiger partial charge in [-0.3, -0.25) is 0 Å². The average molecular weight is 259 g/mol. The predicted molar refractivity (Wildman–Crippen MR) is 76.2 cm³/mol. The van der Waals surface area contributed by atoms with Gasteiger partial charge in [-0.15, -0.1) is 0 Å². The maximum absolute atomic E-state index is 5.92. The summed E-state index contributed by atoms with van der Waals surface area (Å²) in [5.41, 5.74) is 6.82. The molecule has 2 aromatic heterocycles. The fraction of sp³-hybridized carbons (Fsp3) is 0.571. The highest BCUT2D eigenvalue weighted by molar-refractivity contribution is 5.47. The molecule has 2 aromatic rings. The second kappa shape index (κ2) is 5.17. The molecule has 1 saturated carbocycles. The minimum Gasteiger partial charge on any atom is -0.356 e. The topological polar surface area (TPSA) is 59.5 Å². The molecule has 0 radical (unpaired) electrons. The molecule has 0 saturated heterocycles. The monoisotopic (exact) mass is 259 g/mol. The van der Waals surface area contributed by atoms with Crippen molar-refractivity contribution in [2.45, 2.75) is 31.7 Å². The van der Waals surface area contributed by atoms with E-state index in [-0.39, 0.29) is 0 Å². The maximum atomic E-state index is 5.92. The van der Waals surface area contributed by atoms with Crippen molar-refractivity contribution >= 4 is 11.5 Å². The van der Waals surface area contributed by atoms with Gasteiger partial charge < -0.3 is 10.6 Å². The number of hydrogen-bond acceptors (Lipinski definition) is 4. The lowest BCUT2D eigenvalue weighted by atomic mass is 9.84. The maximum Gasteiger partial charge on any atom is 0.157 e. The summed E-state index contributed by atoms with van der Waals surface area (Å²) in [6.45, 7) is 0.768. The Hall–Kier alpha value is -1.62. The number of anilines is 1. The summed E-state index contributed by atoms with van der Waals surface area (Å²) in [7, 11) is 2.13. The summed E-state index contributed by atoms with van der Waals surface area (Å²) in [4.78, 5) is 6.96. The van der Waals surface area contributed by atoms with Gasteiger partial charge in [0, 0.05) is 25.4 Å². The van der Waals surface area contributed by atoms with Crippen LogP contribution in [0.4, 0.5) is 5.82 Å². The van der Waals surface area contributed by atoms with E-state index in [0.717, 1.165) is 18.0 Å². The van der Waals surface area contributed by atoms with Crippen LogP contribution in [-0.4, -0.2) is 34.2 Å². The lowest BCUT2D eigenvalue weighted by Crippen LogP contribution is -2.43. The number of hydrogen-bond donors (Lipinski definition) is 1. The Balaban J connectivity index is 1.86. The molecular formula is C14H21N5. The average Bonchev–Trinajstić information content (AvgIpc) is 2.93. The Labute approximate surface area is 113 Å². The van der Waals surface area contributed by atoms with Gasteiger partial charge in [-0.2, -0.15) is 5.10 Å². The third kappa shape index (κ3) is 2.30. The summed E-state index contributed by atoms with van der Waals surface area (Å²) in [6.07, 6.45) is 8.79. The zero-order valence-electron chi connectivity index (χ0n) is 11.4. The lowest BCUT2D eigenvalue weighted by molar-refractivity contribution is 0.305. The Kier molecular flexibility index (Phi) is 3.38. The summed E-state index contributed by atoms with van der Waals surface area (Å²) >= 11 is 0. The summed E-state index contributed by atoms with van der Waals surface area (Å²) < 4.78 is 1.79. The van der Waals surface area contributed by atoms with Crippen LogP contribution < -0.4 is 10.6 Å². The van der Waals surface area contributed by atoms with E-state index in [2.05, 4.69) is 22.0 Å². The van der Waals surface area contributed by atoms with E-state index in [1.54, 1.807) is 10.7 Å². The van der Waals surface area contributed by atoms with Crippen LogP contribution >= 0.6 is 0 Å². The second-order valence-electron chi connectivity index (χ2n) is 5.38. The van der Waals surface area contributed by atoms with Gasteiger partial charge in [-0.1, -0.05) is 12.8 Å². The predicted octanol–water partition coefficient (Wildman–Crippen LogP) is 1.68. The smallest absolute Gasteiger partial charge is 0.157 e. The number of nitrogens with two attached hydrogens (primary N) is 1. The van der Waals surface area contributed by atoms with Gasteiger partial charge in [0.25, 0.3) is 0 Å². The number of rotatable bonds is 3. The van der Waals surface area contributed by atoms with Crippen molar-refractivity contribution in [2.75, 3.05) is 18.5 Å². The van der Waals surface area contributed by atoms with Crippen LogP contribution in [0.25, 0.3) is 5.65 Å². The van der Waals surface area contributed by atoms with E-state index < -0.39 is 0 Å². The highest BCUT2D eigenvalue weighted by Crippen LogP contribution is 2.29. The minimum atomic E-state index is 0.511. The largest absolute Gasteiger partial charge is 0.356 e. The Morgan fingerprint density at radius 3 is 3.05 bits per heavy atom. The lowest BCUT2D eigenvalue weighted by Gasteiger charge is -2.38. The van der Waals surface area contributed by atoms with E-state index in [4.69, 9.17) is 5.73 Å². The van der Waals surface area contributed by atoms with Gasteiger partial charge >= 0.3 is 0 Å². The second-order valence-corrected chi connectivity index (χ2v) is 5.38. The Morgan fingerprint density at radius 1 is 1.37 bits per heavy atom. The molecule has 2 heterocycles. The standard InChI is InChI=1S/C14H21N5/c1-18(12-5-3-2-4-11(12)10-15)13-7-9-19-14(17-13)6-8-16-19/h6-9,11-12H,2-5,10,15H2,1H3. The van der Waals surface area contributed by atoms with Crippen molar-refractivity contribution in [3.05, 3.63) is 24.5 Å². The van der Waals surface area contributed by atoms with Crippen LogP contribution in [-0.2, 0) is 0 Å². The molecule has 0 bridgehead atoms. The van der Waals surface area contributed by atoms with E-state index >= 15 is 0 Å². The Bertz CT molecular complexity index is 550. The molecule has 2 atom stereocenters. The summed E-state index contributed by atoms with van der Waals surface area (Å²) in [5, 5.41) is 4.18. The van der Waals surface area contributed by atoms with Gasteiger partial charge in [0.15, 0.2) is 5.65 Å². The first-order valence-corrected chi connectivity index (χ1v) is 7.03. The molecular weight excluding hydrogens is 238 g/mol. The highest BCUT2D eigenvalue weighted by Gasteiger charge is 2.28. The zero-order chi connectivity index (χ0) is 13.2. The van der Waals surface area contributed by atoms with Crippen LogP contribution in [0, 0.1) is 5.92 Å². The van der Waals surface area contributed by atoms with Crippen molar-refractivity contribution in [1.29, 1.82) is 0 Å². The highest BCUT2D eigenvalue weighted by atomic mass is 15.3. The quantitative estimate of drug-likeness (QED) is 0.911. The molecule has 0 spiro atoms. The SMILES string of the molecule is CN(c1ccn2nccc2n1)C1CCCCC1CN. The van der Waals surface area contributed by atoms with Crippen molar-refractivity contribution in [1.82, 2.24) is 14.6 Å². The third-order valence-corrected chi connectivity index (χ3v) is 4.27. The van der Waals surface area contributed by atoms with Gasteiger partial charge in [0.2, 0.25) is 0 Å². The molecule has 19 heavy (non-hydrogen) atoms. The van der Waals surface area contributed by atoms with Crippen LogP contribution in [0.5, 0.6) is 0 Å². The number of fused-ring (bicyclic) bond motifs is 1. The van der Waals surface area contributed by atoms with Crippen molar-refractivity contribution in [2.24, 2.45) is 11.7 Å². The van der Waals surface area contributed by atoms with E-state index in [9.17, 15) is 0 Å². The van der Waals surface area contributed by atoms with E-state index in [1.165, 1.54) is 25.7 Å². The molecule has 0 aliphatic heterocycles. The van der Waals surface area contributed by atoms with Crippen LogP contribution in [0.1, 0.15) is 25.7 Å². The van der Waals surface area contributed by atoms with Gasteiger partial charge in [0.05, 0.1) is 6.20 Å². The first kappa shape index (κ1) is 12.4. The van der Waals surface area contributed by atoms with Gasteiger partial charge in [-0.05, 0) is 31.4 Å². The molecule has 5 heteroatoms. The molecule has 102 valence electrons. The summed E-state index contributed by atoms with van der Waals surface area (Å²) in [6, 6.07) is 4.47. The first-order chi connectivity index (χ1) is 9.29. The van der Waals surface area contributed by atoms with E-state index in [1.807, 2.05) is 18.3 Å². The van der Waals surface area contributed by atoms with Gasteiger partial charge in [0.1, 0.15) is 5.82 Å². The fourth-order valence-electron chi connectivity index (χ4n) is 3.14. The fourth-order valence-corrected chi connectivity index (χ4v) is 3.14.